The lowest BCUT2D eigenvalue weighted by Gasteiger charge is -2.11. The van der Waals surface area contributed by atoms with Crippen molar-refractivity contribution >= 4 is 45.9 Å². The van der Waals surface area contributed by atoms with E-state index in [0.717, 1.165) is 45.7 Å². The first-order valence-corrected chi connectivity index (χ1v) is 9.44. The lowest BCUT2D eigenvalue weighted by molar-refractivity contribution is 0.354. The smallest absolute Gasteiger partial charge is 0.188 e. The van der Waals surface area contributed by atoms with Crippen molar-refractivity contribution in [1.82, 2.24) is 5.32 Å². The molecule has 0 radical (unpaired) electrons. The number of methoxy groups -OCH3 is 3. The molecule has 0 aromatic heterocycles. The predicted octanol–water partition coefficient (Wildman–Crippen LogP) is 3.78. The van der Waals surface area contributed by atoms with Gasteiger partial charge in [-0.05, 0) is 58.1 Å². The van der Waals surface area contributed by atoms with Gasteiger partial charge in [-0.15, -0.1) is 24.0 Å². The van der Waals surface area contributed by atoms with Crippen LogP contribution in [0.15, 0.2) is 45.9 Å². The van der Waals surface area contributed by atoms with Crippen molar-refractivity contribution in [2.24, 2.45) is 10.7 Å². The number of para-hydroxylation sites is 1. The molecule has 0 aliphatic heterocycles. The molecule has 154 valence electrons. The third-order valence-corrected chi connectivity index (χ3v) is 4.71. The van der Waals surface area contributed by atoms with E-state index in [4.69, 9.17) is 19.9 Å². The van der Waals surface area contributed by atoms with Gasteiger partial charge in [0.1, 0.15) is 5.75 Å². The zero-order chi connectivity index (χ0) is 19.6. The van der Waals surface area contributed by atoms with Gasteiger partial charge in [0.05, 0.1) is 25.8 Å². The Labute approximate surface area is 192 Å². The first-order valence-electron chi connectivity index (χ1n) is 8.65. The Kier molecular flexibility index (Phi) is 11.1. The summed E-state index contributed by atoms with van der Waals surface area (Å²) in [5, 5.41) is 3.14. The number of aliphatic imine (C=N–C) groups is 1. The molecule has 28 heavy (non-hydrogen) atoms. The van der Waals surface area contributed by atoms with Gasteiger partial charge in [0.2, 0.25) is 0 Å². The number of nitrogens with zero attached hydrogens (tertiary/aromatic N) is 1. The van der Waals surface area contributed by atoms with Gasteiger partial charge in [-0.2, -0.15) is 0 Å². The number of halogens is 2. The van der Waals surface area contributed by atoms with E-state index in [2.05, 4.69) is 26.2 Å². The highest BCUT2D eigenvalue weighted by Gasteiger charge is 2.07. The molecule has 0 saturated carbocycles. The molecule has 0 spiro atoms. The quantitative estimate of drug-likeness (QED) is 0.276. The van der Waals surface area contributed by atoms with E-state index in [1.54, 1.807) is 21.3 Å². The van der Waals surface area contributed by atoms with E-state index in [9.17, 15) is 0 Å². The summed E-state index contributed by atoms with van der Waals surface area (Å²) in [6.45, 7) is 1.27. The van der Waals surface area contributed by atoms with Crippen LogP contribution >= 0.6 is 39.9 Å². The lowest BCUT2D eigenvalue weighted by Crippen LogP contribution is -2.33. The van der Waals surface area contributed by atoms with Crippen LogP contribution in [-0.4, -0.2) is 40.4 Å². The van der Waals surface area contributed by atoms with E-state index in [-0.39, 0.29) is 24.0 Å². The molecule has 0 bridgehead atoms. The van der Waals surface area contributed by atoms with Gasteiger partial charge in [0, 0.05) is 13.1 Å². The number of hydrogen-bond donors (Lipinski definition) is 2. The number of guanidine groups is 1. The second-order valence-corrected chi connectivity index (χ2v) is 6.67. The topological polar surface area (TPSA) is 78.1 Å². The van der Waals surface area contributed by atoms with E-state index in [0.29, 0.717) is 19.0 Å². The standard InChI is InChI=1S/C20H26BrN3O3.HI/c1-25-17-8-7-14(13-18(17)26-2)9-11-23-20(22)24-12-10-15-5-4-6-16(21)19(15)27-3;/h4-8,13H,9-12H2,1-3H3,(H3,22,23,24);1H. The van der Waals surface area contributed by atoms with Gasteiger partial charge < -0.3 is 25.3 Å². The third-order valence-electron chi connectivity index (χ3n) is 4.08. The highest BCUT2D eigenvalue weighted by Crippen LogP contribution is 2.29. The van der Waals surface area contributed by atoms with Gasteiger partial charge in [0.25, 0.3) is 0 Å². The zero-order valence-electron chi connectivity index (χ0n) is 16.3. The van der Waals surface area contributed by atoms with Crippen LogP contribution in [0.25, 0.3) is 0 Å². The molecule has 3 N–H and O–H groups in total. The number of hydrogen-bond acceptors (Lipinski definition) is 4. The Morgan fingerprint density at radius 1 is 1.04 bits per heavy atom. The van der Waals surface area contributed by atoms with Crippen LogP contribution in [0.3, 0.4) is 0 Å². The van der Waals surface area contributed by atoms with Gasteiger partial charge in [-0.25, -0.2) is 0 Å². The molecule has 0 atom stereocenters. The summed E-state index contributed by atoms with van der Waals surface area (Å²) in [4.78, 5) is 4.38. The predicted molar refractivity (Wildman–Crippen MR) is 128 cm³/mol. The summed E-state index contributed by atoms with van der Waals surface area (Å²) in [6, 6.07) is 11.8. The monoisotopic (exact) mass is 563 g/mol. The first kappa shape index (κ1) is 24.4. The molecule has 2 aromatic rings. The summed E-state index contributed by atoms with van der Waals surface area (Å²) in [5.74, 6) is 2.72. The Morgan fingerprint density at radius 2 is 1.79 bits per heavy atom. The fourth-order valence-corrected chi connectivity index (χ4v) is 3.27. The van der Waals surface area contributed by atoms with Gasteiger partial charge in [0.15, 0.2) is 17.5 Å². The Bertz CT molecular complexity index is 787. The first-order chi connectivity index (χ1) is 13.1. The fraction of sp³-hybridized carbons (Fsp3) is 0.350. The molecule has 0 fully saturated rings. The van der Waals surface area contributed by atoms with Crippen LogP contribution in [-0.2, 0) is 12.8 Å². The van der Waals surface area contributed by atoms with E-state index in [1.165, 1.54) is 0 Å². The van der Waals surface area contributed by atoms with Gasteiger partial charge >= 0.3 is 0 Å². The molecule has 0 aliphatic rings. The van der Waals surface area contributed by atoms with Crippen LogP contribution in [0.2, 0.25) is 0 Å². The summed E-state index contributed by atoms with van der Waals surface area (Å²) < 4.78 is 16.9. The van der Waals surface area contributed by atoms with Gasteiger partial charge in [-0.1, -0.05) is 18.2 Å². The highest BCUT2D eigenvalue weighted by atomic mass is 127. The summed E-state index contributed by atoms with van der Waals surface area (Å²) >= 11 is 3.49. The van der Waals surface area contributed by atoms with Crippen molar-refractivity contribution in [3.8, 4) is 17.2 Å². The average Bonchev–Trinajstić information content (AvgIpc) is 2.68. The molecule has 2 rings (SSSR count). The number of nitrogens with one attached hydrogen (secondary N) is 1. The minimum Gasteiger partial charge on any atom is -0.495 e. The largest absolute Gasteiger partial charge is 0.495 e. The summed E-state index contributed by atoms with van der Waals surface area (Å²) in [5.41, 5.74) is 8.18. The van der Waals surface area contributed by atoms with Crippen molar-refractivity contribution in [1.29, 1.82) is 0 Å². The molecule has 0 amide bonds. The number of benzene rings is 2. The molecule has 0 heterocycles. The van der Waals surface area contributed by atoms with Crippen molar-refractivity contribution < 1.29 is 14.2 Å². The maximum Gasteiger partial charge on any atom is 0.188 e. The Hall–Kier alpha value is -1.68. The number of rotatable bonds is 9. The van der Waals surface area contributed by atoms with Gasteiger partial charge in [-0.3, -0.25) is 4.99 Å². The normalized spacial score (nSPS) is 10.8. The van der Waals surface area contributed by atoms with Crippen LogP contribution < -0.4 is 25.3 Å². The second-order valence-electron chi connectivity index (χ2n) is 5.82. The fourth-order valence-electron chi connectivity index (χ4n) is 2.70. The minimum atomic E-state index is 0. The van der Waals surface area contributed by atoms with Crippen LogP contribution in [0.4, 0.5) is 0 Å². The van der Waals surface area contributed by atoms with Crippen LogP contribution in [0.1, 0.15) is 11.1 Å². The molecular formula is C20H27BrIN3O3. The molecule has 8 heteroatoms. The zero-order valence-corrected chi connectivity index (χ0v) is 20.2. The molecular weight excluding hydrogens is 537 g/mol. The van der Waals surface area contributed by atoms with E-state index in [1.807, 2.05) is 36.4 Å². The maximum atomic E-state index is 5.96. The highest BCUT2D eigenvalue weighted by molar-refractivity contribution is 14.0. The molecule has 0 saturated heterocycles. The number of ether oxygens (including phenoxy) is 3. The van der Waals surface area contributed by atoms with E-state index >= 15 is 0 Å². The minimum absolute atomic E-state index is 0. The SMILES string of the molecule is COc1ccc(CCNC(N)=NCCc2cccc(Br)c2OC)cc1OC.I. The Morgan fingerprint density at radius 3 is 2.46 bits per heavy atom. The Balaban J connectivity index is 0.00000392. The molecule has 6 nitrogen and oxygen atoms in total. The third kappa shape index (κ3) is 7.05. The van der Waals surface area contributed by atoms with Crippen molar-refractivity contribution in [2.45, 2.75) is 12.8 Å². The van der Waals surface area contributed by atoms with Crippen molar-refractivity contribution in [2.75, 3.05) is 34.4 Å². The maximum absolute atomic E-state index is 5.96. The molecule has 2 aromatic carbocycles. The lowest BCUT2D eigenvalue weighted by atomic mass is 10.1. The average molecular weight is 564 g/mol. The summed E-state index contributed by atoms with van der Waals surface area (Å²) in [6.07, 6.45) is 1.55. The summed E-state index contributed by atoms with van der Waals surface area (Å²) in [7, 11) is 4.92. The molecule has 0 aliphatic carbocycles. The van der Waals surface area contributed by atoms with Crippen LogP contribution in [0.5, 0.6) is 17.2 Å². The second kappa shape index (κ2) is 12.7. The van der Waals surface area contributed by atoms with Crippen molar-refractivity contribution in [3.63, 3.8) is 0 Å². The van der Waals surface area contributed by atoms with Crippen molar-refractivity contribution in [3.05, 3.63) is 52.0 Å². The van der Waals surface area contributed by atoms with Crippen LogP contribution in [0, 0.1) is 0 Å². The van der Waals surface area contributed by atoms with E-state index < -0.39 is 0 Å². The molecule has 0 unspecified atom stereocenters. The number of nitrogens with two attached hydrogens (primary N) is 1.